The largest absolute Gasteiger partial charge is 0.493 e. The Morgan fingerprint density at radius 3 is 1.97 bits per heavy atom. The van der Waals surface area contributed by atoms with Crippen LogP contribution in [0.3, 0.4) is 0 Å². The van der Waals surface area contributed by atoms with Crippen molar-refractivity contribution in [1.29, 1.82) is 0 Å². The summed E-state index contributed by atoms with van der Waals surface area (Å²) in [5.74, 6) is -0.746. The first-order chi connectivity index (χ1) is 31.8. The van der Waals surface area contributed by atoms with Crippen LogP contribution >= 0.6 is 0 Å². The van der Waals surface area contributed by atoms with Crippen molar-refractivity contribution in [3.8, 4) is 11.5 Å². The zero-order valence-electron chi connectivity index (χ0n) is 43.9. The number of nitrogens with zero attached hydrogens (tertiary/aromatic N) is 3. The molecule has 4 rings (SSSR count). The van der Waals surface area contributed by atoms with Crippen molar-refractivity contribution < 1.29 is 42.1 Å². The summed E-state index contributed by atoms with van der Waals surface area (Å²) in [6.45, 7) is 33.5. The number of hydrogen-bond donors (Lipinski definition) is 0. The Bertz CT molecular complexity index is 2140. The van der Waals surface area contributed by atoms with Crippen LogP contribution in [0.4, 0.5) is 0 Å². The molecular formula is C53H81N3O9Si3. The Labute approximate surface area is 411 Å². The third kappa shape index (κ3) is 15.2. The number of benzene rings is 3. The van der Waals surface area contributed by atoms with Crippen LogP contribution in [-0.2, 0) is 27.8 Å². The number of carbonyl (C=O) groups excluding carboxylic acids is 1. The fourth-order valence-electron chi connectivity index (χ4n) is 7.98. The van der Waals surface area contributed by atoms with Crippen LogP contribution in [0, 0.1) is 5.92 Å². The summed E-state index contributed by atoms with van der Waals surface area (Å²) in [6.07, 6.45) is 7.09. The minimum Gasteiger partial charge on any atom is -0.493 e. The molecule has 1 saturated heterocycles. The lowest BCUT2D eigenvalue weighted by Gasteiger charge is -2.45. The first kappa shape index (κ1) is 56.6. The van der Waals surface area contributed by atoms with Gasteiger partial charge in [0, 0.05) is 31.8 Å². The van der Waals surface area contributed by atoms with Crippen molar-refractivity contribution in [3.05, 3.63) is 113 Å². The quantitative estimate of drug-likeness (QED) is 0.0125. The van der Waals surface area contributed by atoms with E-state index in [4.69, 9.17) is 42.8 Å². The predicted octanol–water partition coefficient (Wildman–Crippen LogP) is 12.3. The fraction of sp³-hybridized carbons (Fsp3) is 0.566. The van der Waals surface area contributed by atoms with E-state index in [0.29, 0.717) is 23.5 Å². The van der Waals surface area contributed by atoms with E-state index in [1.165, 1.54) is 17.5 Å². The maximum Gasteiger partial charge on any atom is 0.342 e. The summed E-state index contributed by atoms with van der Waals surface area (Å²) in [6, 6.07) is 25.7. The van der Waals surface area contributed by atoms with Gasteiger partial charge in [-0.3, -0.25) is 0 Å². The van der Waals surface area contributed by atoms with E-state index in [2.05, 4.69) is 171 Å². The van der Waals surface area contributed by atoms with Gasteiger partial charge >= 0.3 is 5.97 Å². The molecule has 3 aromatic rings. The summed E-state index contributed by atoms with van der Waals surface area (Å²) in [5, 5.41) is 5.85. The molecule has 0 N–H and O–H groups in total. The number of carbonyl (C=O) groups is 1. The fourth-order valence-corrected chi connectivity index (χ4v) is 14.7. The Hall–Kier alpha value is -4.03. The number of hydrogen-bond acceptors (Lipinski definition) is 10. The molecule has 0 saturated carbocycles. The number of ether oxygens (including phenoxy) is 6. The zero-order valence-corrected chi connectivity index (χ0v) is 46.9. The molecule has 5 atom stereocenters. The molecule has 374 valence electrons. The van der Waals surface area contributed by atoms with Crippen molar-refractivity contribution in [2.75, 3.05) is 33.7 Å². The van der Waals surface area contributed by atoms with Gasteiger partial charge in [-0.1, -0.05) is 158 Å². The summed E-state index contributed by atoms with van der Waals surface area (Å²) >= 11 is 0. The Kier molecular flexibility index (Phi) is 20.1. The van der Waals surface area contributed by atoms with Crippen molar-refractivity contribution in [2.24, 2.45) is 11.0 Å². The molecular weight excluding hydrogens is 907 g/mol. The number of methoxy groups -OCH3 is 1. The lowest BCUT2D eigenvalue weighted by Crippen LogP contribution is -2.67. The van der Waals surface area contributed by atoms with Crippen LogP contribution in [0.2, 0.25) is 48.9 Å². The second-order valence-electron chi connectivity index (χ2n) is 22.0. The molecule has 3 aromatic carbocycles. The van der Waals surface area contributed by atoms with Crippen LogP contribution in [0.15, 0.2) is 96.1 Å². The SMILES string of the molecule is COCOc1ccc(OCCN=[N+]=[N-])c(/C=C/C[C@@H]2OC(C)(C)O[C@@H]2C(/C=C\[C@@H](C)[C@@H](C)O[Si](c2ccccc2)(c2ccccc2)C(C)(C)C)O[Si](C)(C)C(C)(C)C)c1C(=O)OCC[Si](C)(C)C. The third-order valence-corrected chi connectivity index (χ3v) is 24.2. The molecule has 0 aliphatic carbocycles. The molecule has 0 spiro atoms. The van der Waals surface area contributed by atoms with Gasteiger partial charge in [0.05, 0.1) is 32.0 Å². The monoisotopic (exact) mass is 988 g/mol. The molecule has 15 heteroatoms. The van der Waals surface area contributed by atoms with Crippen molar-refractivity contribution in [1.82, 2.24) is 0 Å². The van der Waals surface area contributed by atoms with E-state index in [0.717, 1.165) is 6.04 Å². The van der Waals surface area contributed by atoms with Gasteiger partial charge in [0.15, 0.2) is 20.9 Å². The first-order valence-electron chi connectivity index (χ1n) is 24.0. The lowest BCUT2D eigenvalue weighted by molar-refractivity contribution is -0.151. The smallest absolute Gasteiger partial charge is 0.342 e. The van der Waals surface area contributed by atoms with Crippen LogP contribution in [0.25, 0.3) is 16.5 Å². The predicted molar refractivity (Wildman–Crippen MR) is 283 cm³/mol. The Balaban J connectivity index is 1.75. The topological polar surface area (TPSA) is 140 Å². The molecule has 0 aromatic heterocycles. The van der Waals surface area contributed by atoms with E-state index in [1.54, 1.807) is 12.1 Å². The number of azide groups is 1. The van der Waals surface area contributed by atoms with Gasteiger partial charge in [-0.25, -0.2) is 4.79 Å². The third-order valence-electron chi connectivity index (χ3n) is 12.9. The summed E-state index contributed by atoms with van der Waals surface area (Å²) < 4.78 is 51.5. The van der Waals surface area contributed by atoms with Crippen molar-refractivity contribution in [2.45, 2.75) is 155 Å². The van der Waals surface area contributed by atoms with Gasteiger partial charge in [-0.2, -0.15) is 0 Å². The van der Waals surface area contributed by atoms with E-state index >= 15 is 0 Å². The van der Waals surface area contributed by atoms with Crippen LogP contribution in [0.1, 0.15) is 91.6 Å². The molecule has 1 aliphatic rings. The Morgan fingerprint density at radius 2 is 1.43 bits per heavy atom. The molecule has 12 nitrogen and oxygen atoms in total. The maximum atomic E-state index is 14.0. The number of rotatable bonds is 24. The average Bonchev–Trinajstić information content (AvgIpc) is 3.57. The zero-order chi connectivity index (χ0) is 50.6. The molecule has 0 radical (unpaired) electrons. The Morgan fingerprint density at radius 1 is 0.824 bits per heavy atom. The van der Waals surface area contributed by atoms with E-state index in [9.17, 15) is 4.79 Å². The lowest BCUT2D eigenvalue weighted by atomic mass is 9.99. The minimum atomic E-state index is -2.83. The molecule has 0 amide bonds. The van der Waals surface area contributed by atoms with Crippen LogP contribution < -0.4 is 19.8 Å². The molecule has 0 bridgehead atoms. The van der Waals surface area contributed by atoms with E-state index < -0.39 is 54.8 Å². The summed E-state index contributed by atoms with van der Waals surface area (Å²) in [5.41, 5.74) is 9.58. The average molecular weight is 989 g/mol. The highest BCUT2D eigenvalue weighted by atomic mass is 28.4. The molecule has 1 heterocycles. The normalized spacial score (nSPS) is 18.3. The molecule has 1 aliphatic heterocycles. The highest BCUT2D eigenvalue weighted by Gasteiger charge is 2.52. The van der Waals surface area contributed by atoms with E-state index in [-0.39, 0.29) is 54.2 Å². The van der Waals surface area contributed by atoms with Gasteiger partial charge in [0.2, 0.25) is 0 Å². The molecule has 1 unspecified atom stereocenters. The highest BCUT2D eigenvalue weighted by Crippen LogP contribution is 2.42. The summed E-state index contributed by atoms with van der Waals surface area (Å²) in [7, 11) is -5.20. The second kappa shape index (κ2) is 24.2. The number of esters is 1. The van der Waals surface area contributed by atoms with Gasteiger partial charge in [0.1, 0.15) is 23.2 Å². The first-order valence-corrected chi connectivity index (χ1v) is 32.6. The van der Waals surface area contributed by atoms with Gasteiger partial charge < -0.3 is 37.3 Å². The summed E-state index contributed by atoms with van der Waals surface area (Å²) in [4.78, 5) is 16.9. The maximum absolute atomic E-state index is 14.0. The standard InChI is InChI=1S/C53H81N3O9Si3/c1-39(40(2)64-68(52(6,7)8,41-24-19-17-20-25-41)42-26-21-18-22-27-42)30-31-47(65-67(15,16)51(3,4)5)49-46(62-53(9,10)63-49)29-23-28-43-44(59-35-34-55-56-54)32-33-45(61-38-58-11)48(43)50(57)60-36-37-66(12,13)14/h17-28,30-33,39-40,46-47,49H,29,34-38H2,1-16H3/b28-23+,31-30-/t39-,40-,46+,47?,49+/m1/s1. The van der Waals surface area contributed by atoms with Gasteiger partial charge in [-0.15, -0.1) is 0 Å². The van der Waals surface area contributed by atoms with Crippen molar-refractivity contribution in [3.63, 3.8) is 0 Å². The minimum absolute atomic E-state index is 0.00429. The molecule has 68 heavy (non-hydrogen) atoms. The molecule has 1 fully saturated rings. The van der Waals surface area contributed by atoms with E-state index in [1.807, 2.05) is 26.0 Å². The highest BCUT2D eigenvalue weighted by molar-refractivity contribution is 6.99. The van der Waals surface area contributed by atoms with Gasteiger partial charge in [-0.05, 0) is 90.4 Å². The van der Waals surface area contributed by atoms with Crippen molar-refractivity contribution >= 4 is 47.1 Å². The van der Waals surface area contributed by atoms with Crippen LogP contribution in [-0.4, -0.2) is 94.5 Å². The second-order valence-corrected chi connectivity index (χ2v) is 36.6. The van der Waals surface area contributed by atoms with Gasteiger partial charge in [0.25, 0.3) is 8.32 Å². The van der Waals surface area contributed by atoms with Crippen LogP contribution in [0.5, 0.6) is 11.5 Å².